The molecule has 0 bridgehead atoms. The van der Waals surface area contributed by atoms with E-state index in [1.165, 1.54) is 0 Å². The van der Waals surface area contributed by atoms with E-state index in [2.05, 4.69) is 0 Å². The van der Waals surface area contributed by atoms with E-state index in [0.29, 0.717) is 0 Å². The number of rotatable bonds is 0. The summed E-state index contributed by atoms with van der Waals surface area (Å²) in [6, 6.07) is 0. The molecule has 0 saturated carbocycles. The maximum Gasteiger partial charge on any atom is 0.503 e. The average molecular weight is 62.0 g/mol. The van der Waals surface area contributed by atoms with Crippen molar-refractivity contribution in [1.82, 2.24) is 0 Å². The summed E-state index contributed by atoms with van der Waals surface area (Å²) >= 11 is 0. The molecule has 0 unspecified atom stereocenters. The molecule has 0 atom stereocenters. The first-order valence-corrected chi connectivity index (χ1v) is 0.651. The van der Waals surface area contributed by atoms with E-state index >= 15 is 0 Å². The van der Waals surface area contributed by atoms with Crippen molar-refractivity contribution in [3.63, 3.8) is 0 Å². The summed E-state index contributed by atoms with van der Waals surface area (Å²) in [6.07, 6.45) is -1.83. The molecule has 0 aliphatic rings. The van der Waals surface area contributed by atoms with Crippen molar-refractivity contribution in [2.45, 2.75) is 0 Å². The van der Waals surface area contributed by atoms with Gasteiger partial charge in [0, 0.05) is 0 Å². The minimum Gasteiger partial charge on any atom is -0.450 e. The maximum atomic E-state index is 8.56. The van der Waals surface area contributed by atoms with Crippen LogP contribution in [0, 0.1) is 0 Å². The van der Waals surface area contributed by atoms with E-state index in [4.69, 9.17) is 15.0 Å². The van der Waals surface area contributed by atoms with Crippen LogP contribution >= 0.6 is 0 Å². The van der Waals surface area contributed by atoms with E-state index in [9.17, 15) is 0 Å². The van der Waals surface area contributed by atoms with Gasteiger partial charge in [-0.1, -0.05) is 0 Å². The van der Waals surface area contributed by atoms with Gasteiger partial charge in [0.1, 0.15) is 0 Å². The molecule has 4 heavy (non-hydrogen) atoms. The maximum absolute atomic E-state index is 8.56. The summed E-state index contributed by atoms with van der Waals surface area (Å²) < 4.78 is 0. The lowest BCUT2D eigenvalue weighted by molar-refractivity contribution is 0.137. The number of carbonyl (C=O) groups is 1. The highest BCUT2D eigenvalue weighted by Crippen LogP contribution is 1.42. The monoisotopic (exact) mass is 62.0 g/mol. The van der Waals surface area contributed by atoms with E-state index in [1.54, 1.807) is 0 Å². The lowest BCUT2D eigenvalue weighted by atomic mass is 11.5. The van der Waals surface area contributed by atoms with Crippen LogP contribution in [-0.2, 0) is 0 Å². The molecule has 0 heterocycles. The van der Waals surface area contributed by atoms with Crippen LogP contribution < -0.4 is 0 Å². The second-order valence-corrected chi connectivity index (χ2v) is 0.283. The van der Waals surface area contributed by atoms with Gasteiger partial charge in [0.2, 0.25) is 0 Å². The van der Waals surface area contributed by atoms with E-state index in [0.717, 1.165) is 0 Å². The molecule has 0 aromatic carbocycles. The van der Waals surface area contributed by atoms with E-state index in [-0.39, 0.29) is 0 Å². The second-order valence-electron chi connectivity index (χ2n) is 0.283. The summed E-state index contributed by atoms with van der Waals surface area (Å²) in [4.78, 5) is 8.56. The second kappa shape index (κ2) is 0.711. The van der Waals surface area contributed by atoms with Crippen molar-refractivity contribution in [3.05, 3.63) is 0 Å². The fourth-order valence-electron chi connectivity index (χ4n) is 0. The summed E-state index contributed by atoms with van der Waals surface area (Å²) in [7, 11) is 0. The third-order valence-electron chi connectivity index (χ3n) is 0. The highest BCUT2D eigenvalue weighted by Gasteiger charge is 1.70. The minimum absolute atomic E-state index is 1.83. The molecule has 3 heteroatoms. The van der Waals surface area contributed by atoms with Gasteiger partial charge in [0.25, 0.3) is 0 Å². The van der Waals surface area contributed by atoms with Crippen LogP contribution in [0.25, 0.3) is 0 Å². The Hall–Kier alpha value is -0.730. The zero-order valence-electron chi connectivity index (χ0n) is 1.80. The average Bonchev–Trinajstić information content (AvgIpc) is 0.811. The first kappa shape index (κ1) is 3.27. The molecular formula is CH2O3. The van der Waals surface area contributed by atoms with E-state index < -0.39 is 6.16 Å². The largest absolute Gasteiger partial charge is 0.503 e. The highest BCUT2D eigenvalue weighted by molar-refractivity contribution is 5.53. The van der Waals surface area contributed by atoms with Gasteiger partial charge < -0.3 is 10.2 Å². The van der Waals surface area contributed by atoms with Crippen LogP contribution in [0.5, 0.6) is 0 Å². The van der Waals surface area contributed by atoms with Crippen molar-refractivity contribution in [1.29, 1.82) is 0 Å². The molecule has 3 nitrogen and oxygen atoms in total. The van der Waals surface area contributed by atoms with Crippen molar-refractivity contribution in [2.24, 2.45) is 0 Å². The molecule has 0 rings (SSSR count). The quantitative estimate of drug-likeness (QED) is 0.422. The smallest absolute Gasteiger partial charge is 0.450 e. The van der Waals surface area contributed by atoms with Gasteiger partial charge in [-0.15, -0.1) is 0 Å². The van der Waals surface area contributed by atoms with Gasteiger partial charge in [-0.2, -0.15) is 0 Å². The third-order valence-corrected chi connectivity index (χ3v) is 0. The van der Waals surface area contributed by atoms with Gasteiger partial charge in [-0.3, -0.25) is 0 Å². The molecular weight excluding hydrogens is 60.0 g/mol. The summed E-state index contributed by atoms with van der Waals surface area (Å²) in [5.74, 6) is 0. The van der Waals surface area contributed by atoms with Crippen LogP contribution in [0.4, 0.5) is 4.79 Å². The molecule has 0 aliphatic carbocycles. The highest BCUT2D eigenvalue weighted by atomic mass is 16.6. The summed E-state index contributed by atoms with van der Waals surface area (Å²) in [5, 5.41) is 13.9. The Morgan fingerprint density at radius 1 is 1.50 bits per heavy atom. The minimum atomic E-state index is -1.83. The van der Waals surface area contributed by atoms with Crippen LogP contribution in [0.15, 0.2) is 0 Å². The molecule has 0 fully saturated rings. The first-order chi connectivity index (χ1) is 1.73. The summed E-state index contributed by atoms with van der Waals surface area (Å²) in [6.45, 7) is 0. The van der Waals surface area contributed by atoms with Crippen LogP contribution in [0.3, 0.4) is 0 Å². The van der Waals surface area contributed by atoms with E-state index in [1.807, 2.05) is 0 Å². The van der Waals surface area contributed by atoms with Gasteiger partial charge >= 0.3 is 6.16 Å². The normalized spacial score (nSPS) is 6.00. The zero-order chi connectivity index (χ0) is 3.58. The molecule has 24 valence electrons. The van der Waals surface area contributed by atoms with Crippen LogP contribution in [0.2, 0.25) is 0 Å². The van der Waals surface area contributed by atoms with Crippen molar-refractivity contribution in [3.8, 4) is 0 Å². The molecule has 2 N–H and O–H groups in total. The standard InChI is InChI=1S/CH2O3/c2-1(3)4/h(H2,2,3,4)/i1+0. The Morgan fingerprint density at radius 3 is 1.50 bits per heavy atom. The Kier molecular flexibility index (Phi) is 0.581. The molecule has 0 radical (unpaired) electrons. The SMILES string of the molecule is O=[12C](O)O. The zero-order valence-corrected chi connectivity index (χ0v) is 1.80. The van der Waals surface area contributed by atoms with Crippen molar-refractivity contribution in [2.75, 3.05) is 0 Å². The molecule has 0 saturated heterocycles. The fraction of sp³-hybridized carbons (Fsp3) is 0. The van der Waals surface area contributed by atoms with Gasteiger partial charge in [0.15, 0.2) is 0 Å². The van der Waals surface area contributed by atoms with Crippen molar-refractivity contribution >= 4 is 6.16 Å². The molecule has 0 amide bonds. The topological polar surface area (TPSA) is 57.5 Å². The Labute approximate surface area is 22.5 Å². The Morgan fingerprint density at radius 2 is 1.50 bits per heavy atom. The first-order valence-electron chi connectivity index (χ1n) is 0.651. The lowest BCUT2D eigenvalue weighted by Gasteiger charge is -1.60. The van der Waals surface area contributed by atoms with Gasteiger partial charge in [0.05, 0.1) is 0 Å². The molecule has 0 aromatic heterocycles. The molecule has 0 spiro atoms. The summed E-state index contributed by atoms with van der Waals surface area (Å²) in [5.41, 5.74) is 0. The number of hydrogen-bond acceptors (Lipinski definition) is 1. The Balaban J connectivity index is 2.80. The predicted octanol–water partition coefficient (Wildman–Crippen LogP) is 0.222. The van der Waals surface area contributed by atoms with Crippen molar-refractivity contribution < 1.29 is 15.0 Å². The third kappa shape index (κ3) is 0.174. The fourth-order valence-corrected chi connectivity index (χ4v) is 0. The number of hydrogen-bond donors (Lipinski definition) is 2. The predicted molar refractivity (Wildman–Crippen MR) is 10.7 cm³/mol. The number of carboxylic acid groups (broad SMARTS) is 2. The lowest BCUT2D eigenvalue weighted by Crippen LogP contribution is -1.81. The Bertz CT molecular complexity index is 26.3. The van der Waals surface area contributed by atoms with Crippen LogP contribution in [-0.4, -0.2) is 16.4 Å². The van der Waals surface area contributed by atoms with Crippen LogP contribution in [0.1, 0.15) is 0 Å². The van der Waals surface area contributed by atoms with Gasteiger partial charge in [-0.25, -0.2) is 4.79 Å². The molecule has 0 aromatic rings. The van der Waals surface area contributed by atoms with Gasteiger partial charge in [-0.05, 0) is 0 Å². The molecule has 0 aliphatic heterocycles.